The van der Waals surface area contributed by atoms with Crippen LogP contribution in [-0.2, 0) is 11.3 Å². The molecule has 0 saturated carbocycles. The Labute approximate surface area is 172 Å². The van der Waals surface area contributed by atoms with Gasteiger partial charge in [0, 0.05) is 15.6 Å². The quantitative estimate of drug-likeness (QED) is 0.539. The van der Waals surface area contributed by atoms with Gasteiger partial charge in [-0.15, -0.1) is 11.8 Å². The first-order valence-corrected chi connectivity index (χ1v) is 9.97. The van der Waals surface area contributed by atoms with Crippen molar-refractivity contribution in [2.24, 2.45) is 0 Å². The normalized spacial score (nSPS) is 10.5. The third kappa shape index (κ3) is 5.41. The number of aryl methyl sites for hydroxylation is 1. The van der Waals surface area contributed by atoms with Crippen LogP contribution in [-0.4, -0.2) is 17.6 Å². The van der Waals surface area contributed by atoms with Crippen molar-refractivity contribution in [3.05, 3.63) is 82.8 Å². The summed E-state index contributed by atoms with van der Waals surface area (Å²) < 4.78 is 5.19. The molecule has 1 heterocycles. The number of hydrogen-bond acceptors (Lipinski definition) is 4. The Hall–Kier alpha value is -2.70. The second-order valence-corrected chi connectivity index (χ2v) is 7.48. The highest BCUT2D eigenvalue weighted by Crippen LogP contribution is 2.25. The van der Waals surface area contributed by atoms with Gasteiger partial charge in [0.2, 0.25) is 5.91 Å². The van der Waals surface area contributed by atoms with Crippen molar-refractivity contribution in [2.45, 2.75) is 18.4 Å². The lowest BCUT2D eigenvalue weighted by Gasteiger charge is -2.11. The molecule has 0 fully saturated rings. The molecule has 0 atom stereocenters. The van der Waals surface area contributed by atoms with Crippen LogP contribution in [0, 0.1) is 6.92 Å². The van der Waals surface area contributed by atoms with E-state index < -0.39 is 0 Å². The number of benzene rings is 2. The van der Waals surface area contributed by atoms with Gasteiger partial charge in [-0.05, 0) is 48.9 Å². The summed E-state index contributed by atoms with van der Waals surface area (Å²) in [4.78, 5) is 25.5. The van der Waals surface area contributed by atoms with Crippen LogP contribution in [0.4, 0.5) is 5.69 Å². The van der Waals surface area contributed by atoms with E-state index >= 15 is 0 Å². The Morgan fingerprint density at radius 1 is 1.11 bits per heavy atom. The largest absolute Gasteiger partial charge is 0.467 e. The zero-order chi connectivity index (χ0) is 19.9. The summed E-state index contributed by atoms with van der Waals surface area (Å²) in [5.41, 5.74) is 2.07. The molecular weight excluding hydrogens is 396 g/mol. The summed E-state index contributed by atoms with van der Waals surface area (Å²) >= 11 is 7.43. The smallest absolute Gasteiger partial charge is 0.256 e. The van der Waals surface area contributed by atoms with Crippen LogP contribution in [0.2, 0.25) is 5.02 Å². The highest BCUT2D eigenvalue weighted by Gasteiger charge is 2.13. The van der Waals surface area contributed by atoms with Gasteiger partial charge in [0.15, 0.2) is 0 Å². The minimum absolute atomic E-state index is 0.137. The molecule has 2 aromatic carbocycles. The highest BCUT2D eigenvalue weighted by molar-refractivity contribution is 8.00. The molecule has 5 nitrogen and oxygen atoms in total. The molecule has 2 amide bonds. The summed E-state index contributed by atoms with van der Waals surface area (Å²) in [7, 11) is 0. The number of anilines is 1. The molecule has 2 N–H and O–H groups in total. The summed E-state index contributed by atoms with van der Waals surface area (Å²) in [6, 6.07) is 16.1. The number of nitrogens with one attached hydrogen (secondary N) is 2. The second kappa shape index (κ2) is 9.48. The minimum atomic E-state index is -0.251. The van der Waals surface area contributed by atoms with Gasteiger partial charge >= 0.3 is 0 Å². The molecule has 28 heavy (non-hydrogen) atoms. The van der Waals surface area contributed by atoms with Crippen LogP contribution in [0.5, 0.6) is 0 Å². The van der Waals surface area contributed by atoms with E-state index in [-0.39, 0.29) is 17.6 Å². The number of hydrogen-bond donors (Lipinski definition) is 2. The van der Waals surface area contributed by atoms with Crippen molar-refractivity contribution >= 4 is 40.9 Å². The average molecular weight is 415 g/mol. The second-order valence-electron chi connectivity index (χ2n) is 6.06. The van der Waals surface area contributed by atoms with E-state index in [1.807, 2.05) is 25.1 Å². The maximum absolute atomic E-state index is 12.7. The summed E-state index contributed by atoms with van der Waals surface area (Å²) in [5, 5.41) is 6.23. The number of carbonyl (C=O) groups excluding carboxylic acids is 2. The predicted molar refractivity (Wildman–Crippen MR) is 112 cm³/mol. The summed E-state index contributed by atoms with van der Waals surface area (Å²) in [6.45, 7) is 2.24. The average Bonchev–Trinajstić information content (AvgIpc) is 3.21. The molecule has 0 aliphatic heterocycles. The number of furan rings is 1. The van der Waals surface area contributed by atoms with Gasteiger partial charge in [-0.1, -0.05) is 29.8 Å². The molecule has 0 aliphatic carbocycles. The summed E-state index contributed by atoms with van der Waals surface area (Å²) in [5.74, 6) is 0.497. The molecule has 144 valence electrons. The van der Waals surface area contributed by atoms with E-state index in [1.165, 1.54) is 11.8 Å². The predicted octanol–water partition coefficient (Wildman–Crippen LogP) is 4.90. The third-order valence-corrected chi connectivity index (χ3v) is 5.44. The molecule has 0 spiro atoms. The third-order valence-electron chi connectivity index (χ3n) is 3.96. The highest BCUT2D eigenvalue weighted by atomic mass is 35.5. The molecule has 3 aromatic rings. The van der Waals surface area contributed by atoms with Crippen molar-refractivity contribution in [1.29, 1.82) is 0 Å². The molecule has 0 bridgehead atoms. The zero-order valence-corrected chi connectivity index (χ0v) is 16.8. The van der Waals surface area contributed by atoms with Crippen LogP contribution in [0.3, 0.4) is 0 Å². The van der Waals surface area contributed by atoms with Crippen LogP contribution < -0.4 is 10.6 Å². The van der Waals surface area contributed by atoms with Gasteiger partial charge in [0.05, 0.1) is 24.1 Å². The first-order valence-electron chi connectivity index (χ1n) is 8.61. The van der Waals surface area contributed by atoms with Crippen LogP contribution >= 0.6 is 23.4 Å². The summed E-state index contributed by atoms with van der Waals surface area (Å²) in [6.07, 6.45) is 1.56. The molecule has 0 unspecified atom stereocenters. The van der Waals surface area contributed by atoms with Crippen LogP contribution in [0.25, 0.3) is 0 Å². The molecule has 7 heteroatoms. The van der Waals surface area contributed by atoms with E-state index in [0.29, 0.717) is 28.6 Å². The minimum Gasteiger partial charge on any atom is -0.467 e. The number of halogens is 1. The lowest BCUT2D eigenvalue weighted by molar-refractivity contribution is -0.118. The van der Waals surface area contributed by atoms with Crippen molar-refractivity contribution in [3.63, 3.8) is 0 Å². The van der Waals surface area contributed by atoms with E-state index in [0.717, 1.165) is 10.5 Å². The van der Waals surface area contributed by atoms with Crippen LogP contribution in [0.1, 0.15) is 21.7 Å². The fraction of sp³-hybridized carbons (Fsp3) is 0.143. The standard InChI is InChI=1S/C21H19ClN2O3S/c1-14-8-9-15(11-18(14)22)24-21(26)17-6-2-3-7-19(17)28-13-20(25)23-12-16-5-4-10-27-16/h2-11H,12-13H2,1H3,(H,23,25)(H,24,26). The van der Waals surface area contributed by atoms with Crippen molar-refractivity contribution in [2.75, 3.05) is 11.1 Å². The Morgan fingerprint density at radius 3 is 2.68 bits per heavy atom. The topological polar surface area (TPSA) is 71.3 Å². The maximum Gasteiger partial charge on any atom is 0.256 e. The monoisotopic (exact) mass is 414 g/mol. The Bertz CT molecular complexity index is 974. The Morgan fingerprint density at radius 2 is 1.93 bits per heavy atom. The fourth-order valence-electron chi connectivity index (χ4n) is 2.44. The van der Waals surface area contributed by atoms with E-state index in [2.05, 4.69) is 10.6 Å². The van der Waals surface area contributed by atoms with Crippen molar-refractivity contribution < 1.29 is 14.0 Å². The van der Waals surface area contributed by atoms with Gasteiger partial charge in [-0.3, -0.25) is 9.59 Å². The van der Waals surface area contributed by atoms with Gasteiger partial charge in [-0.25, -0.2) is 0 Å². The van der Waals surface area contributed by atoms with Gasteiger partial charge in [0.25, 0.3) is 5.91 Å². The lowest BCUT2D eigenvalue weighted by atomic mass is 10.2. The molecule has 0 radical (unpaired) electrons. The SMILES string of the molecule is Cc1ccc(NC(=O)c2ccccc2SCC(=O)NCc2ccco2)cc1Cl. The van der Waals surface area contributed by atoms with E-state index in [4.69, 9.17) is 16.0 Å². The van der Waals surface area contributed by atoms with E-state index in [1.54, 1.807) is 42.7 Å². The zero-order valence-electron chi connectivity index (χ0n) is 15.2. The Balaban J connectivity index is 1.60. The molecular formula is C21H19ClN2O3S. The van der Waals surface area contributed by atoms with Gasteiger partial charge in [-0.2, -0.15) is 0 Å². The van der Waals surface area contributed by atoms with Gasteiger partial charge < -0.3 is 15.1 Å². The molecule has 1 aromatic heterocycles. The number of amides is 2. The van der Waals surface area contributed by atoms with Crippen molar-refractivity contribution in [1.82, 2.24) is 5.32 Å². The number of thioether (sulfide) groups is 1. The maximum atomic E-state index is 12.7. The van der Waals surface area contributed by atoms with Gasteiger partial charge in [0.1, 0.15) is 5.76 Å². The van der Waals surface area contributed by atoms with E-state index in [9.17, 15) is 9.59 Å². The molecule has 3 rings (SSSR count). The first-order chi connectivity index (χ1) is 13.5. The number of rotatable bonds is 7. The van der Waals surface area contributed by atoms with Crippen molar-refractivity contribution in [3.8, 4) is 0 Å². The Kier molecular flexibility index (Phi) is 6.79. The number of carbonyl (C=O) groups is 2. The first kappa shape index (κ1) is 20.0. The molecule has 0 aliphatic rings. The van der Waals surface area contributed by atoms with Crippen LogP contribution in [0.15, 0.2) is 70.2 Å². The molecule has 0 saturated heterocycles. The lowest BCUT2D eigenvalue weighted by Crippen LogP contribution is -2.24. The fourth-order valence-corrected chi connectivity index (χ4v) is 3.50.